The third-order valence-corrected chi connectivity index (χ3v) is 4.92. The number of aryl methyl sites for hydroxylation is 2. The van der Waals surface area contributed by atoms with E-state index in [1.807, 2.05) is 26.0 Å². The Hall–Kier alpha value is -0.380. The number of alkyl halides is 1. The number of halogens is 4. The largest absolute Gasteiger partial charge is 0.207 e. The molecule has 0 N–H and O–H groups in total. The summed E-state index contributed by atoms with van der Waals surface area (Å²) >= 11 is 13.2. The van der Waals surface area contributed by atoms with Crippen molar-refractivity contribution in [2.75, 3.05) is 0 Å². The molecule has 0 aliphatic carbocycles. The fourth-order valence-corrected chi connectivity index (χ4v) is 3.44. The van der Waals surface area contributed by atoms with E-state index >= 15 is 0 Å². The summed E-state index contributed by atoms with van der Waals surface area (Å²) in [5.74, 6) is -0.251. The molecule has 100 valence electrons. The predicted octanol–water partition coefficient (Wildman–Crippen LogP) is 6.34. The van der Waals surface area contributed by atoms with E-state index in [1.165, 1.54) is 6.07 Å². The topological polar surface area (TPSA) is 0 Å². The summed E-state index contributed by atoms with van der Waals surface area (Å²) in [6.07, 6.45) is 0. The molecule has 2 aromatic carbocycles. The van der Waals surface area contributed by atoms with Crippen LogP contribution >= 0.6 is 43.5 Å². The highest BCUT2D eigenvalue weighted by Gasteiger charge is 2.18. The van der Waals surface area contributed by atoms with Crippen molar-refractivity contribution in [1.29, 1.82) is 0 Å². The number of hydrogen-bond acceptors (Lipinski definition) is 0. The minimum Gasteiger partial charge on any atom is -0.207 e. The van der Waals surface area contributed by atoms with Crippen molar-refractivity contribution >= 4 is 43.5 Å². The quantitative estimate of drug-likeness (QED) is 0.510. The van der Waals surface area contributed by atoms with Crippen LogP contribution in [-0.2, 0) is 0 Å². The lowest BCUT2D eigenvalue weighted by Gasteiger charge is -2.16. The Balaban J connectivity index is 2.52. The summed E-state index contributed by atoms with van der Waals surface area (Å²) < 4.78 is 14.8. The van der Waals surface area contributed by atoms with Crippen LogP contribution in [0.3, 0.4) is 0 Å². The van der Waals surface area contributed by atoms with Gasteiger partial charge in [-0.15, -0.1) is 0 Å². The highest BCUT2D eigenvalue weighted by atomic mass is 79.9. The molecule has 19 heavy (non-hydrogen) atoms. The van der Waals surface area contributed by atoms with Crippen molar-refractivity contribution in [3.8, 4) is 0 Å². The summed E-state index contributed by atoms with van der Waals surface area (Å²) in [5.41, 5.74) is 3.71. The third kappa shape index (κ3) is 3.21. The van der Waals surface area contributed by atoms with Gasteiger partial charge in [0.2, 0.25) is 0 Å². The van der Waals surface area contributed by atoms with Gasteiger partial charge in [0.1, 0.15) is 5.82 Å². The average molecular weight is 407 g/mol. The molecular formula is C15H12Br2ClF. The van der Waals surface area contributed by atoms with Crippen molar-refractivity contribution in [2.45, 2.75) is 18.7 Å². The van der Waals surface area contributed by atoms with Crippen molar-refractivity contribution in [2.24, 2.45) is 0 Å². The maximum atomic E-state index is 13.9. The highest BCUT2D eigenvalue weighted by molar-refractivity contribution is 9.10. The van der Waals surface area contributed by atoms with Crippen molar-refractivity contribution in [3.63, 3.8) is 0 Å². The SMILES string of the molecule is Cc1cc(Cl)c(C(Br)c2cc(Br)ccc2F)cc1C. The summed E-state index contributed by atoms with van der Waals surface area (Å²) in [4.78, 5) is -0.267. The van der Waals surface area contributed by atoms with Crippen LogP contribution in [0.25, 0.3) is 0 Å². The van der Waals surface area contributed by atoms with E-state index in [0.717, 1.165) is 21.2 Å². The molecule has 1 unspecified atom stereocenters. The monoisotopic (exact) mass is 404 g/mol. The van der Waals surface area contributed by atoms with Crippen LogP contribution in [0, 0.1) is 19.7 Å². The standard InChI is InChI=1S/C15H12Br2ClF/c1-8-5-11(13(18)6-9(8)2)15(17)12-7-10(16)3-4-14(12)19/h3-7,15H,1-2H3. The normalized spacial score (nSPS) is 12.5. The first kappa shape index (κ1) is 15.0. The van der Waals surface area contributed by atoms with Crippen LogP contribution in [0.5, 0.6) is 0 Å². The molecule has 0 nitrogen and oxygen atoms in total. The van der Waals surface area contributed by atoms with Gasteiger partial charge in [-0.25, -0.2) is 4.39 Å². The molecule has 4 heteroatoms. The van der Waals surface area contributed by atoms with Gasteiger partial charge >= 0.3 is 0 Å². The Labute approximate surface area is 134 Å². The molecule has 0 aliphatic rings. The van der Waals surface area contributed by atoms with Gasteiger partial charge in [-0.05, 0) is 54.8 Å². The molecule has 0 aromatic heterocycles. The van der Waals surface area contributed by atoms with Crippen LogP contribution in [0.4, 0.5) is 4.39 Å². The Morgan fingerprint density at radius 1 is 1.05 bits per heavy atom. The molecule has 0 saturated carbocycles. The molecular weight excluding hydrogens is 394 g/mol. The Morgan fingerprint density at radius 3 is 2.37 bits per heavy atom. The first-order valence-corrected chi connectivity index (χ1v) is 7.84. The molecule has 0 spiro atoms. The van der Waals surface area contributed by atoms with Gasteiger partial charge in [0, 0.05) is 15.1 Å². The Morgan fingerprint density at radius 2 is 1.68 bits per heavy atom. The molecule has 0 fully saturated rings. The van der Waals surface area contributed by atoms with E-state index in [4.69, 9.17) is 11.6 Å². The molecule has 0 radical (unpaired) electrons. The van der Waals surface area contributed by atoms with Crippen LogP contribution in [-0.4, -0.2) is 0 Å². The lowest BCUT2D eigenvalue weighted by Crippen LogP contribution is -1.99. The van der Waals surface area contributed by atoms with Gasteiger partial charge in [-0.3, -0.25) is 0 Å². The van der Waals surface area contributed by atoms with E-state index in [2.05, 4.69) is 31.9 Å². The smallest absolute Gasteiger partial charge is 0.127 e. The number of rotatable bonds is 2. The van der Waals surface area contributed by atoms with E-state index in [1.54, 1.807) is 12.1 Å². The fourth-order valence-electron chi connectivity index (χ4n) is 1.87. The van der Waals surface area contributed by atoms with Gasteiger partial charge in [-0.2, -0.15) is 0 Å². The lowest BCUT2D eigenvalue weighted by atomic mass is 10.00. The van der Waals surface area contributed by atoms with Crippen LogP contribution < -0.4 is 0 Å². The molecule has 0 saturated heterocycles. The highest BCUT2D eigenvalue weighted by Crippen LogP contribution is 2.38. The number of benzene rings is 2. The molecule has 0 bridgehead atoms. The fraction of sp³-hybridized carbons (Fsp3) is 0.200. The summed E-state index contributed by atoms with van der Waals surface area (Å²) in [5, 5.41) is 0.643. The minimum atomic E-state index is -0.267. The van der Waals surface area contributed by atoms with Gasteiger partial charge < -0.3 is 0 Å². The van der Waals surface area contributed by atoms with Crippen molar-refractivity contribution < 1.29 is 4.39 Å². The van der Waals surface area contributed by atoms with Crippen LogP contribution in [0.2, 0.25) is 5.02 Å². The zero-order valence-electron chi connectivity index (χ0n) is 10.5. The van der Waals surface area contributed by atoms with Crippen LogP contribution in [0.15, 0.2) is 34.8 Å². The molecule has 2 rings (SSSR count). The molecule has 0 aliphatic heterocycles. The molecule has 2 aromatic rings. The molecule has 0 heterocycles. The van der Waals surface area contributed by atoms with Gasteiger partial charge in [0.05, 0.1) is 4.83 Å². The van der Waals surface area contributed by atoms with Crippen LogP contribution in [0.1, 0.15) is 27.1 Å². The van der Waals surface area contributed by atoms with Crippen molar-refractivity contribution in [1.82, 2.24) is 0 Å². The second kappa shape index (κ2) is 5.94. The van der Waals surface area contributed by atoms with E-state index in [9.17, 15) is 4.39 Å². The maximum absolute atomic E-state index is 13.9. The second-order valence-corrected chi connectivity index (χ2v) is 6.72. The maximum Gasteiger partial charge on any atom is 0.127 e. The van der Waals surface area contributed by atoms with Gasteiger partial charge in [-0.1, -0.05) is 49.5 Å². The van der Waals surface area contributed by atoms with Gasteiger partial charge in [0.25, 0.3) is 0 Å². The summed E-state index contributed by atoms with van der Waals surface area (Å²) in [6.45, 7) is 4.03. The summed E-state index contributed by atoms with van der Waals surface area (Å²) in [6, 6.07) is 8.80. The molecule has 1 atom stereocenters. The first-order valence-electron chi connectivity index (χ1n) is 5.76. The lowest BCUT2D eigenvalue weighted by molar-refractivity contribution is 0.613. The Kier molecular flexibility index (Phi) is 4.70. The van der Waals surface area contributed by atoms with E-state index in [0.29, 0.717) is 10.6 Å². The predicted molar refractivity (Wildman–Crippen MR) is 85.8 cm³/mol. The Bertz CT molecular complexity index is 626. The average Bonchev–Trinajstić information content (AvgIpc) is 2.36. The zero-order valence-corrected chi connectivity index (χ0v) is 14.4. The third-order valence-electron chi connectivity index (χ3n) is 3.12. The van der Waals surface area contributed by atoms with Crippen molar-refractivity contribution in [3.05, 3.63) is 67.9 Å². The van der Waals surface area contributed by atoms with E-state index < -0.39 is 0 Å². The molecule has 0 amide bonds. The summed E-state index contributed by atoms with van der Waals surface area (Å²) in [7, 11) is 0. The van der Waals surface area contributed by atoms with E-state index in [-0.39, 0.29) is 10.6 Å². The number of hydrogen-bond donors (Lipinski definition) is 0. The first-order chi connectivity index (χ1) is 8.90. The second-order valence-electron chi connectivity index (χ2n) is 4.49. The zero-order chi connectivity index (χ0) is 14.2. The van der Waals surface area contributed by atoms with Gasteiger partial charge in [0.15, 0.2) is 0 Å². The minimum absolute atomic E-state index is 0.251.